The number of rotatable bonds is 5. The van der Waals surface area contributed by atoms with Gasteiger partial charge in [0, 0.05) is 22.5 Å². The molecule has 0 radical (unpaired) electrons. The maximum absolute atomic E-state index is 12.5. The summed E-state index contributed by atoms with van der Waals surface area (Å²) in [6, 6.07) is 23.7. The van der Waals surface area contributed by atoms with Gasteiger partial charge in [-0.25, -0.2) is 0 Å². The van der Waals surface area contributed by atoms with Crippen LogP contribution in [0.3, 0.4) is 0 Å². The number of amides is 2. The van der Waals surface area contributed by atoms with Crippen LogP contribution in [0.15, 0.2) is 78.9 Å². The first kappa shape index (κ1) is 18.4. The summed E-state index contributed by atoms with van der Waals surface area (Å²) >= 11 is 0. The Hall–Kier alpha value is -3.40. The molecule has 0 aliphatic carbocycles. The minimum absolute atomic E-state index is 0.183. The maximum atomic E-state index is 12.5. The molecule has 136 valence electrons. The second-order valence-electron chi connectivity index (χ2n) is 6.64. The van der Waals surface area contributed by atoms with Crippen molar-refractivity contribution >= 4 is 23.2 Å². The number of hydrogen-bond donors (Lipinski definition) is 2. The molecule has 0 aromatic heterocycles. The summed E-state index contributed by atoms with van der Waals surface area (Å²) in [4.78, 5) is 24.9. The van der Waals surface area contributed by atoms with Crippen LogP contribution >= 0.6 is 0 Å². The van der Waals surface area contributed by atoms with E-state index in [1.54, 1.807) is 30.3 Å². The zero-order valence-corrected chi connectivity index (χ0v) is 15.4. The lowest BCUT2D eigenvalue weighted by molar-refractivity contribution is 0.101. The first-order valence-electron chi connectivity index (χ1n) is 8.91. The molecule has 2 N–H and O–H groups in total. The normalized spacial score (nSPS) is 10.5. The molecule has 0 saturated carbocycles. The van der Waals surface area contributed by atoms with E-state index in [0.717, 1.165) is 5.56 Å². The Morgan fingerprint density at radius 1 is 0.667 bits per heavy atom. The molecule has 0 fully saturated rings. The number of carbonyl (C=O) groups excluding carboxylic acids is 2. The average molecular weight is 358 g/mol. The molecule has 0 atom stereocenters. The Morgan fingerprint density at radius 2 is 1.07 bits per heavy atom. The second kappa shape index (κ2) is 8.32. The highest BCUT2D eigenvalue weighted by Gasteiger charge is 2.11. The predicted molar refractivity (Wildman–Crippen MR) is 109 cm³/mol. The van der Waals surface area contributed by atoms with E-state index in [4.69, 9.17) is 0 Å². The third kappa shape index (κ3) is 4.82. The third-order valence-electron chi connectivity index (χ3n) is 4.21. The minimum atomic E-state index is -0.183. The van der Waals surface area contributed by atoms with Crippen LogP contribution < -0.4 is 10.6 Å². The van der Waals surface area contributed by atoms with Gasteiger partial charge in [-0.1, -0.05) is 50.2 Å². The summed E-state index contributed by atoms with van der Waals surface area (Å²) in [5, 5.41) is 5.83. The van der Waals surface area contributed by atoms with Crippen LogP contribution in [0.4, 0.5) is 11.4 Å². The molecule has 4 nitrogen and oxygen atoms in total. The number of hydrogen-bond acceptors (Lipinski definition) is 2. The second-order valence-corrected chi connectivity index (χ2v) is 6.64. The molecule has 3 aromatic rings. The van der Waals surface area contributed by atoms with E-state index in [-0.39, 0.29) is 17.7 Å². The highest BCUT2D eigenvalue weighted by atomic mass is 16.2. The molecule has 0 saturated heterocycles. The van der Waals surface area contributed by atoms with E-state index < -0.39 is 0 Å². The Kier molecular flexibility index (Phi) is 5.67. The van der Waals surface area contributed by atoms with Crippen LogP contribution in [0.1, 0.15) is 46.0 Å². The first-order chi connectivity index (χ1) is 13.0. The number of anilines is 2. The minimum Gasteiger partial charge on any atom is -0.322 e. The van der Waals surface area contributed by atoms with Crippen molar-refractivity contribution in [3.05, 3.63) is 95.6 Å². The SMILES string of the molecule is CC(C)c1cc(NC(=O)c2ccccc2)cc(NC(=O)c2ccccc2)c1. The van der Waals surface area contributed by atoms with E-state index in [2.05, 4.69) is 24.5 Å². The first-order valence-corrected chi connectivity index (χ1v) is 8.91. The fourth-order valence-corrected chi connectivity index (χ4v) is 2.71. The van der Waals surface area contributed by atoms with Crippen LogP contribution in [0.25, 0.3) is 0 Å². The van der Waals surface area contributed by atoms with Gasteiger partial charge in [0.25, 0.3) is 11.8 Å². The standard InChI is InChI=1S/C23H22N2O2/c1-16(2)19-13-20(24-22(26)17-9-5-3-6-10-17)15-21(14-19)25-23(27)18-11-7-4-8-12-18/h3-16H,1-2H3,(H,24,26)(H,25,27). The van der Waals surface area contributed by atoms with Crippen molar-refractivity contribution in [2.75, 3.05) is 10.6 Å². The fourth-order valence-electron chi connectivity index (χ4n) is 2.71. The van der Waals surface area contributed by atoms with Gasteiger partial charge < -0.3 is 10.6 Å². The molecule has 27 heavy (non-hydrogen) atoms. The van der Waals surface area contributed by atoms with E-state index in [0.29, 0.717) is 22.5 Å². The largest absolute Gasteiger partial charge is 0.322 e. The molecule has 0 unspecified atom stereocenters. The quantitative estimate of drug-likeness (QED) is 0.649. The Bertz CT molecular complexity index is 863. The van der Waals surface area contributed by atoms with Crippen LogP contribution in [-0.2, 0) is 0 Å². The van der Waals surface area contributed by atoms with Crippen LogP contribution in [0.2, 0.25) is 0 Å². The Morgan fingerprint density at radius 3 is 1.44 bits per heavy atom. The Balaban J connectivity index is 1.84. The lowest BCUT2D eigenvalue weighted by Crippen LogP contribution is -2.14. The maximum Gasteiger partial charge on any atom is 0.255 e. The van der Waals surface area contributed by atoms with Gasteiger partial charge in [0.2, 0.25) is 0 Å². The van der Waals surface area contributed by atoms with Gasteiger partial charge in [0.15, 0.2) is 0 Å². The molecule has 0 heterocycles. The zero-order valence-electron chi connectivity index (χ0n) is 15.4. The van der Waals surface area contributed by atoms with Crippen LogP contribution in [0.5, 0.6) is 0 Å². The van der Waals surface area contributed by atoms with E-state index in [9.17, 15) is 9.59 Å². The van der Waals surface area contributed by atoms with E-state index in [1.165, 1.54) is 0 Å². The van der Waals surface area contributed by atoms with Gasteiger partial charge in [0.05, 0.1) is 0 Å². The lowest BCUT2D eigenvalue weighted by atomic mass is 10.0. The van der Waals surface area contributed by atoms with Gasteiger partial charge in [-0.3, -0.25) is 9.59 Å². The van der Waals surface area contributed by atoms with Gasteiger partial charge in [-0.15, -0.1) is 0 Å². The van der Waals surface area contributed by atoms with Crippen molar-refractivity contribution in [2.45, 2.75) is 19.8 Å². The Labute approximate surface area is 159 Å². The summed E-state index contributed by atoms with van der Waals surface area (Å²) < 4.78 is 0. The average Bonchev–Trinajstić information content (AvgIpc) is 2.69. The molecule has 3 aromatic carbocycles. The van der Waals surface area contributed by atoms with E-state index in [1.807, 2.05) is 48.5 Å². The van der Waals surface area contributed by atoms with Gasteiger partial charge in [0.1, 0.15) is 0 Å². The number of nitrogens with one attached hydrogen (secondary N) is 2. The molecule has 4 heteroatoms. The van der Waals surface area contributed by atoms with Crippen molar-refractivity contribution in [2.24, 2.45) is 0 Å². The third-order valence-corrected chi connectivity index (χ3v) is 4.21. The summed E-state index contributed by atoms with van der Waals surface area (Å²) in [5.74, 6) is -0.111. The molecule has 0 aliphatic heterocycles. The van der Waals surface area contributed by atoms with E-state index >= 15 is 0 Å². The smallest absolute Gasteiger partial charge is 0.255 e. The molecule has 0 bridgehead atoms. The van der Waals surface area contributed by atoms with Crippen molar-refractivity contribution in [1.29, 1.82) is 0 Å². The fraction of sp³-hybridized carbons (Fsp3) is 0.130. The monoisotopic (exact) mass is 358 g/mol. The molecule has 2 amide bonds. The molecule has 0 aliphatic rings. The van der Waals surface area contributed by atoms with Crippen LogP contribution in [0, 0.1) is 0 Å². The summed E-state index contributed by atoms with van der Waals surface area (Å²) in [6.07, 6.45) is 0. The van der Waals surface area contributed by atoms with Crippen molar-refractivity contribution < 1.29 is 9.59 Å². The topological polar surface area (TPSA) is 58.2 Å². The molecular weight excluding hydrogens is 336 g/mol. The molecular formula is C23H22N2O2. The van der Waals surface area contributed by atoms with Gasteiger partial charge in [-0.05, 0) is 53.9 Å². The number of carbonyl (C=O) groups is 2. The van der Waals surface area contributed by atoms with Gasteiger partial charge >= 0.3 is 0 Å². The zero-order chi connectivity index (χ0) is 19.2. The number of benzene rings is 3. The lowest BCUT2D eigenvalue weighted by Gasteiger charge is -2.14. The van der Waals surface area contributed by atoms with Crippen molar-refractivity contribution in [3.63, 3.8) is 0 Å². The predicted octanol–water partition coefficient (Wildman–Crippen LogP) is 5.31. The summed E-state index contributed by atoms with van der Waals surface area (Å²) in [7, 11) is 0. The van der Waals surface area contributed by atoms with Crippen molar-refractivity contribution in [1.82, 2.24) is 0 Å². The highest BCUT2D eigenvalue weighted by Crippen LogP contribution is 2.25. The molecule has 0 spiro atoms. The summed E-state index contributed by atoms with van der Waals surface area (Å²) in [6.45, 7) is 4.14. The highest BCUT2D eigenvalue weighted by molar-refractivity contribution is 6.06. The van der Waals surface area contributed by atoms with Gasteiger partial charge in [-0.2, -0.15) is 0 Å². The molecule has 3 rings (SSSR count). The van der Waals surface area contributed by atoms with Crippen LogP contribution in [-0.4, -0.2) is 11.8 Å². The van der Waals surface area contributed by atoms with Crippen molar-refractivity contribution in [3.8, 4) is 0 Å². The summed E-state index contributed by atoms with van der Waals surface area (Å²) in [5.41, 5.74) is 3.51.